The highest BCUT2D eigenvalue weighted by Crippen LogP contribution is 2.24. The van der Waals surface area contributed by atoms with Gasteiger partial charge in [0, 0.05) is 62.2 Å². The molecule has 0 bridgehead atoms. The number of aryl methyl sites for hydroxylation is 1. The van der Waals surface area contributed by atoms with Gasteiger partial charge in [-0.1, -0.05) is 70.1 Å². The number of hydrogen-bond acceptors (Lipinski definition) is 7. The van der Waals surface area contributed by atoms with E-state index in [1.165, 1.54) is 11.4 Å². The second-order valence-electron chi connectivity index (χ2n) is 10.8. The van der Waals surface area contributed by atoms with E-state index in [1.54, 1.807) is 0 Å². The molecule has 6 aromatic rings. The zero-order valence-electron chi connectivity index (χ0n) is 25.8. The van der Waals surface area contributed by atoms with Crippen LogP contribution in [0, 0.1) is 0 Å². The molecule has 0 aliphatic heterocycles. The Bertz CT molecular complexity index is 1880. The molecule has 6 nitrogen and oxygen atoms in total. The number of anilines is 2. The first-order chi connectivity index (χ1) is 22.0. The number of fused-ring (bicyclic) bond motifs is 2. The van der Waals surface area contributed by atoms with Crippen molar-refractivity contribution in [3.63, 3.8) is 0 Å². The number of rotatable bonds is 13. The number of hydrogen-bond donors (Lipinski definition) is 0. The smallest absolute Gasteiger partial charge is 0.373 e. The van der Waals surface area contributed by atoms with Crippen LogP contribution >= 0.6 is 21.6 Å². The topological polar surface area (TPSA) is 49.5 Å². The summed E-state index contributed by atoms with van der Waals surface area (Å²) < 4.78 is 13.8. The van der Waals surface area contributed by atoms with Crippen LogP contribution in [0.25, 0.3) is 46.5 Å². The molecule has 0 spiro atoms. The van der Waals surface area contributed by atoms with Gasteiger partial charge in [0.15, 0.2) is 5.58 Å². The third-order valence-corrected chi connectivity index (χ3v) is 10.1. The van der Waals surface area contributed by atoms with Crippen LogP contribution in [0.1, 0.15) is 22.9 Å². The SMILES string of the molecule is CN(CCSSCCN(C)c1ccc(/C=C/c2oc3ccccc3[n+]2C)cc1)c1ccc(/C=C/c2nc3ccccc3o2)cc1. The van der Waals surface area contributed by atoms with Crippen LogP contribution in [-0.4, -0.2) is 43.7 Å². The van der Waals surface area contributed by atoms with Crippen LogP contribution < -0.4 is 14.4 Å². The van der Waals surface area contributed by atoms with E-state index in [2.05, 4.69) is 94.1 Å². The van der Waals surface area contributed by atoms with Crippen molar-refractivity contribution in [3.05, 3.63) is 120 Å². The van der Waals surface area contributed by atoms with E-state index in [-0.39, 0.29) is 0 Å². The summed E-state index contributed by atoms with van der Waals surface area (Å²) in [5.41, 5.74) is 8.36. The molecule has 0 saturated heterocycles. The fourth-order valence-corrected chi connectivity index (χ4v) is 7.05. The quantitative estimate of drug-likeness (QED) is 0.0716. The summed E-state index contributed by atoms with van der Waals surface area (Å²) >= 11 is 0. The predicted octanol–water partition coefficient (Wildman–Crippen LogP) is 8.69. The minimum atomic E-state index is 0.619. The largest absolute Gasteiger partial charge is 0.437 e. The van der Waals surface area contributed by atoms with Crippen LogP contribution in [-0.2, 0) is 7.05 Å². The Morgan fingerprint density at radius 1 is 0.644 bits per heavy atom. The van der Waals surface area contributed by atoms with Crippen LogP contribution in [0.15, 0.2) is 106 Å². The van der Waals surface area contributed by atoms with Crippen molar-refractivity contribution in [3.8, 4) is 0 Å². The Labute approximate surface area is 272 Å². The molecule has 0 N–H and O–H groups in total. The lowest BCUT2D eigenvalue weighted by molar-refractivity contribution is -0.651. The highest BCUT2D eigenvalue weighted by Gasteiger charge is 2.15. The van der Waals surface area contributed by atoms with Gasteiger partial charge in [-0.3, -0.25) is 0 Å². The fraction of sp³-hybridized carbons (Fsp3) is 0.189. The molecule has 4 aromatic carbocycles. The molecule has 0 saturated carbocycles. The lowest BCUT2D eigenvalue weighted by Crippen LogP contribution is -2.29. The normalized spacial score (nSPS) is 11.8. The Morgan fingerprint density at radius 3 is 1.80 bits per heavy atom. The second-order valence-corrected chi connectivity index (χ2v) is 13.5. The van der Waals surface area contributed by atoms with Gasteiger partial charge >= 0.3 is 5.89 Å². The molecule has 0 unspecified atom stereocenters. The molecule has 228 valence electrons. The van der Waals surface area contributed by atoms with Crippen molar-refractivity contribution in [1.82, 2.24) is 4.98 Å². The van der Waals surface area contributed by atoms with E-state index in [0.29, 0.717) is 5.89 Å². The van der Waals surface area contributed by atoms with Gasteiger partial charge in [0.1, 0.15) is 12.6 Å². The molecule has 6 rings (SSSR count). The van der Waals surface area contributed by atoms with Gasteiger partial charge < -0.3 is 18.6 Å². The van der Waals surface area contributed by atoms with Gasteiger partial charge in [-0.25, -0.2) is 4.98 Å². The minimum absolute atomic E-state index is 0.619. The van der Waals surface area contributed by atoms with Gasteiger partial charge in [0.25, 0.3) is 5.52 Å². The molecule has 0 amide bonds. The Balaban J connectivity index is 0.892. The van der Waals surface area contributed by atoms with Crippen molar-refractivity contribution >= 4 is 79.5 Å². The van der Waals surface area contributed by atoms with Crippen LogP contribution in [0.4, 0.5) is 11.4 Å². The monoisotopic (exact) mass is 633 g/mol. The summed E-state index contributed by atoms with van der Waals surface area (Å²) in [7, 11) is 10.2. The van der Waals surface area contributed by atoms with Gasteiger partial charge in [-0.15, -0.1) is 0 Å². The summed E-state index contributed by atoms with van der Waals surface area (Å²) in [6.07, 6.45) is 8.08. The molecule has 2 heterocycles. The first-order valence-electron chi connectivity index (χ1n) is 15.0. The Hall–Kier alpha value is -4.40. The highest BCUT2D eigenvalue weighted by molar-refractivity contribution is 8.76. The van der Waals surface area contributed by atoms with Crippen molar-refractivity contribution in [1.29, 1.82) is 0 Å². The van der Waals surface area contributed by atoms with Crippen molar-refractivity contribution in [2.75, 3.05) is 48.5 Å². The molecule has 45 heavy (non-hydrogen) atoms. The summed E-state index contributed by atoms with van der Waals surface area (Å²) in [6.45, 7) is 1.99. The van der Waals surface area contributed by atoms with Gasteiger partial charge in [-0.05, 0) is 65.7 Å². The fourth-order valence-electron chi connectivity index (χ4n) is 4.97. The molecule has 0 aliphatic carbocycles. The van der Waals surface area contributed by atoms with Crippen molar-refractivity contribution in [2.24, 2.45) is 7.05 Å². The van der Waals surface area contributed by atoms with Crippen LogP contribution in [0.3, 0.4) is 0 Å². The number of benzene rings is 4. The molecule has 0 aliphatic rings. The van der Waals surface area contributed by atoms with Gasteiger partial charge in [0.05, 0.1) is 6.08 Å². The zero-order valence-corrected chi connectivity index (χ0v) is 27.4. The lowest BCUT2D eigenvalue weighted by Gasteiger charge is -2.20. The van der Waals surface area contributed by atoms with Crippen LogP contribution in [0.2, 0.25) is 0 Å². The predicted molar refractivity (Wildman–Crippen MR) is 194 cm³/mol. The number of para-hydroxylation sites is 4. The summed E-state index contributed by atoms with van der Waals surface area (Å²) in [5, 5.41) is 0. The maximum absolute atomic E-state index is 5.98. The highest BCUT2D eigenvalue weighted by atomic mass is 33.1. The third kappa shape index (κ3) is 7.82. The van der Waals surface area contributed by atoms with Crippen molar-refractivity contribution in [2.45, 2.75) is 0 Å². The first-order valence-corrected chi connectivity index (χ1v) is 17.5. The lowest BCUT2D eigenvalue weighted by atomic mass is 10.2. The maximum Gasteiger partial charge on any atom is 0.373 e. The Morgan fingerprint density at radius 2 is 1.20 bits per heavy atom. The molecular formula is C37H37N4O2S2+. The molecule has 8 heteroatoms. The Kier molecular flexibility index (Phi) is 9.92. The minimum Gasteiger partial charge on any atom is -0.437 e. The van der Waals surface area contributed by atoms with Gasteiger partial charge in [0.2, 0.25) is 11.5 Å². The van der Waals surface area contributed by atoms with E-state index in [9.17, 15) is 0 Å². The average molecular weight is 634 g/mol. The van der Waals surface area contributed by atoms with E-state index < -0.39 is 0 Å². The average Bonchev–Trinajstić information content (AvgIpc) is 3.64. The number of nitrogens with zero attached hydrogens (tertiary/aromatic N) is 4. The van der Waals surface area contributed by atoms with E-state index >= 15 is 0 Å². The molecule has 0 fully saturated rings. The molecule has 2 aromatic heterocycles. The van der Waals surface area contributed by atoms with Gasteiger partial charge in [-0.2, -0.15) is 4.57 Å². The van der Waals surface area contributed by atoms with Crippen molar-refractivity contribution < 1.29 is 13.4 Å². The second kappa shape index (κ2) is 14.6. The number of oxazole rings is 2. The molecular weight excluding hydrogens is 597 g/mol. The summed E-state index contributed by atoms with van der Waals surface area (Å²) in [5.74, 6) is 3.58. The molecule has 0 radical (unpaired) electrons. The third-order valence-electron chi connectivity index (χ3n) is 7.69. The number of aromatic nitrogens is 2. The van der Waals surface area contributed by atoms with E-state index in [4.69, 9.17) is 8.83 Å². The van der Waals surface area contributed by atoms with Crippen LogP contribution in [0.5, 0.6) is 0 Å². The standard InChI is InChI=1S/C37H37N4O2S2/c1-39(30-18-12-28(13-19-30)16-22-36-38-32-8-4-6-10-34(32)42-36)24-26-44-45-27-25-40(2)31-20-14-29(15-21-31)17-23-37-41(3)33-9-5-7-11-35(33)43-37/h4-23H,24-27H2,1-3H3/q+1/b22-16+. The first kappa shape index (κ1) is 30.6. The van der Waals surface area contributed by atoms with E-state index in [1.807, 2.05) is 89.3 Å². The summed E-state index contributed by atoms with van der Waals surface area (Å²) in [4.78, 5) is 9.12. The molecule has 0 atom stereocenters. The summed E-state index contributed by atoms with van der Waals surface area (Å²) in [6, 6.07) is 33.2. The van der Waals surface area contributed by atoms with E-state index in [0.717, 1.165) is 63.8 Å². The zero-order chi connectivity index (χ0) is 31.0. The maximum atomic E-state index is 5.98.